The van der Waals surface area contributed by atoms with Crippen molar-refractivity contribution in [1.82, 2.24) is 3.97 Å². The predicted molar refractivity (Wildman–Crippen MR) is 71.2 cm³/mol. The van der Waals surface area contributed by atoms with E-state index in [0.29, 0.717) is 18.5 Å². The van der Waals surface area contributed by atoms with Crippen LogP contribution in [0, 0.1) is 0 Å². The average molecular weight is 305 g/mol. The van der Waals surface area contributed by atoms with Crippen molar-refractivity contribution in [3.05, 3.63) is 35.5 Å². The molecule has 1 aromatic heterocycles. The van der Waals surface area contributed by atoms with E-state index in [-0.39, 0.29) is 10.9 Å². The average Bonchev–Trinajstić information content (AvgIpc) is 2.64. The van der Waals surface area contributed by atoms with Gasteiger partial charge in [0.05, 0.1) is 17.3 Å². The molecule has 0 saturated heterocycles. The molecule has 1 heterocycles. The van der Waals surface area contributed by atoms with Gasteiger partial charge in [-0.05, 0) is 30.7 Å². The van der Waals surface area contributed by atoms with Crippen LogP contribution in [0.4, 0.5) is 13.2 Å². The SMILES string of the molecule is CCCc1cc2cc(C(F)(F)F)ccc2n1S(C)(=O)=O. The van der Waals surface area contributed by atoms with Crippen molar-refractivity contribution in [2.75, 3.05) is 6.26 Å². The van der Waals surface area contributed by atoms with Crippen LogP contribution in [-0.4, -0.2) is 18.6 Å². The second-order valence-electron chi connectivity index (χ2n) is 4.68. The monoisotopic (exact) mass is 305 g/mol. The minimum absolute atomic E-state index is 0.281. The zero-order valence-electron chi connectivity index (χ0n) is 11.0. The highest BCUT2D eigenvalue weighted by atomic mass is 32.2. The number of hydrogen-bond donors (Lipinski definition) is 0. The van der Waals surface area contributed by atoms with Crippen LogP contribution in [0.5, 0.6) is 0 Å². The number of hydrogen-bond acceptors (Lipinski definition) is 2. The topological polar surface area (TPSA) is 39.1 Å². The Morgan fingerprint density at radius 1 is 1.20 bits per heavy atom. The van der Waals surface area contributed by atoms with Crippen LogP contribution < -0.4 is 0 Å². The van der Waals surface area contributed by atoms with Crippen LogP contribution >= 0.6 is 0 Å². The third kappa shape index (κ3) is 2.67. The molecule has 0 N–H and O–H groups in total. The fraction of sp³-hybridized carbons (Fsp3) is 0.385. The highest BCUT2D eigenvalue weighted by molar-refractivity contribution is 7.89. The molecule has 0 radical (unpaired) electrons. The van der Waals surface area contributed by atoms with Crippen molar-refractivity contribution in [2.24, 2.45) is 0 Å². The first-order valence-electron chi connectivity index (χ1n) is 6.06. The standard InChI is InChI=1S/C13H14F3NO2S/c1-3-4-11-8-9-7-10(13(14,15)16)5-6-12(9)17(11)20(2,18)19/h5-8H,3-4H2,1-2H3. The van der Waals surface area contributed by atoms with Crippen LogP contribution in [0.3, 0.4) is 0 Å². The Bertz CT molecular complexity index is 745. The number of rotatable bonds is 3. The summed E-state index contributed by atoms with van der Waals surface area (Å²) in [7, 11) is -3.55. The number of aryl methyl sites for hydroxylation is 1. The number of alkyl halides is 3. The zero-order valence-corrected chi connectivity index (χ0v) is 11.8. The largest absolute Gasteiger partial charge is 0.416 e. The Morgan fingerprint density at radius 3 is 2.35 bits per heavy atom. The molecule has 110 valence electrons. The van der Waals surface area contributed by atoms with Crippen LogP contribution in [0.1, 0.15) is 24.6 Å². The molecule has 0 aliphatic heterocycles. The fourth-order valence-electron chi connectivity index (χ4n) is 2.25. The maximum atomic E-state index is 12.7. The molecule has 0 aliphatic rings. The van der Waals surface area contributed by atoms with E-state index in [1.54, 1.807) is 0 Å². The first-order valence-corrected chi connectivity index (χ1v) is 7.91. The van der Waals surface area contributed by atoms with Gasteiger partial charge in [-0.15, -0.1) is 0 Å². The van der Waals surface area contributed by atoms with Gasteiger partial charge in [0.2, 0.25) is 10.0 Å². The lowest BCUT2D eigenvalue weighted by Gasteiger charge is -2.09. The molecule has 0 atom stereocenters. The number of aromatic nitrogens is 1. The molecule has 7 heteroatoms. The van der Waals surface area contributed by atoms with Crippen molar-refractivity contribution < 1.29 is 21.6 Å². The summed E-state index contributed by atoms with van der Waals surface area (Å²) in [6.07, 6.45) is -2.20. The molecule has 0 spiro atoms. The van der Waals surface area contributed by atoms with Gasteiger partial charge < -0.3 is 0 Å². The second kappa shape index (κ2) is 4.80. The molecule has 1 aromatic carbocycles. The third-order valence-corrected chi connectivity index (χ3v) is 4.09. The molecule has 0 bridgehead atoms. The summed E-state index contributed by atoms with van der Waals surface area (Å²) < 4.78 is 62.8. The molecule has 2 aromatic rings. The first kappa shape index (κ1) is 14.9. The predicted octanol–water partition coefficient (Wildman–Crippen LogP) is 3.42. The Morgan fingerprint density at radius 2 is 1.85 bits per heavy atom. The van der Waals surface area contributed by atoms with Gasteiger partial charge in [-0.1, -0.05) is 13.3 Å². The number of fused-ring (bicyclic) bond motifs is 1. The van der Waals surface area contributed by atoms with Gasteiger partial charge >= 0.3 is 6.18 Å². The summed E-state index contributed by atoms with van der Waals surface area (Å²) in [4.78, 5) is 0. The molecule has 3 nitrogen and oxygen atoms in total. The molecule has 0 fully saturated rings. The maximum absolute atomic E-state index is 12.7. The van der Waals surface area contributed by atoms with E-state index < -0.39 is 21.8 Å². The summed E-state index contributed by atoms with van der Waals surface area (Å²) in [5.74, 6) is 0. The smallest absolute Gasteiger partial charge is 0.242 e. The summed E-state index contributed by atoms with van der Waals surface area (Å²) in [6.45, 7) is 1.88. The molecule has 20 heavy (non-hydrogen) atoms. The fourth-order valence-corrected chi connectivity index (χ4v) is 3.34. The van der Waals surface area contributed by atoms with Gasteiger partial charge in [0.25, 0.3) is 0 Å². The van der Waals surface area contributed by atoms with E-state index in [9.17, 15) is 21.6 Å². The lowest BCUT2D eigenvalue weighted by atomic mass is 10.1. The number of halogens is 3. The van der Waals surface area contributed by atoms with Crippen LogP contribution in [0.2, 0.25) is 0 Å². The van der Waals surface area contributed by atoms with E-state index in [1.165, 1.54) is 12.1 Å². The van der Waals surface area contributed by atoms with Crippen molar-refractivity contribution in [2.45, 2.75) is 25.9 Å². The third-order valence-electron chi connectivity index (χ3n) is 2.99. The molecule has 0 saturated carbocycles. The van der Waals surface area contributed by atoms with Crippen LogP contribution in [-0.2, 0) is 22.6 Å². The number of nitrogens with zero attached hydrogens (tertiary/aromatic N) is 1. The minimum Gasteiger partial charge on any atom is -0.242 e. The van der Waals surface area contributed by atoms with Gasteiger partial charge in [-0.25, -0.2) is 12.4 Å². The van der Waals surface area contributed by atoms with E-state index >= 15 is 0 Å². The van der Waals surface area contributed by atoms with Gasteiger partial charge in [0.1, 0.15) is 0 Å². The van der Waals surface area contributed by atoms with Crippen molar-refractivity contribution in [3.63, 3.8) is 0 Å². The van der Waals surface area contributed by atoms with Gasteiger partial charge in [0, 0.05) is 11.1 Å². The lowest BCUT2D eigenvalue weighted by Crippen LogP contribution is -2.13. The highest BCUT2D eigenvalue weighted by Crippen LogP contribution is 2.33. The van der Waals surface area contributed by atoms with Crippen LogP contribution in [0.15, 0.2) is 24.3 Å². The minimum atomic E-state index is -4.44. The Hall–Kier alpha value is -1.50. The van der Waals surface area contributed by atoms with Gasteiger partial charge in [-0.2, -0.15) is 13.2 Å². The molecular weight excluding hydrogens is 291 g/mol. The Balaban J connectivity index is 2.75. The van der Waals surface area contributed by atoms with Crippen molar-refractivity contribution >= 4 is 20.9 Å². The van der Waals surface area contributed by atoms with Crippen molar-refractivity contribution in [1.29, 1.82) is 0 Å². The van der Waals surface area contributed by atoms with Gasteiger partial charge in [0.15, 0.2) is 0 Å². The van der Waals surface area contributed by atoms with Crippen LogP contribution in [0.25, 0.3) is 10.9 Å². The summed E-state index contributed by atoms with van der Waals surface area (Å²) in [6, 6.07) is 4.60. The van der Waals surface area contributed by atoms with E-state index in [1.807, 2.05) is 6.92 Å². The quantitative estimate of drug-likeness (QED) is 0.871. The highest BCUT2D eigenvalue weighted by Gasteiger charge is 2.31. The summed E-state index contributed by atoms with van der Waals surface area (Å²) in [5.41, 5.74) is 0.00646. The normalized spacial score (nSPS) is 13.1. The van der Waals surface area contributed by atoms with Gasteiger partial charge in [-0.3, -0.25) is 0 Å². The summed E-state index contributed by atoms with van der Waals surface area (Å²) in [5, 5.41) is 0.286. The molecule has 0 aliphatic carbocycles. The molecular formula is C13H14F3NO2S. The summed E-state index contributed by atoms with van der Waals surface area (Å²) >= 11 is 0. The first-order chi connectivity index (χ1) is 9.14. The Labute approximate surface area is 115 Å². The lowest BCUT2D eigenvalue weighted by molar-refractivity contribution is -0.137. The second-order valence-corrected chi connectivity index (χ2v) is 6.52. The molecule has 0 unspecified atom stereocenters. The Kier molecular flexibility index (Phi) is 3.58. The zero-order chi connectivity index (χ0) is 15.1. The maximum Gasteiger partial charge on any atom is 0.416 e. The van der Waals surface area contributed by atoms with Crippen molar-refractivity contribution in [3.8, 4) is 0 Å². The van der Waals surface area contributed by atoms with E-state index in [0.717, 1.165) is 22.4 Å². The number of benzene rings is 1. The van der Waals surface area contributed by atoms with E-state index in [2.05, 4.69) is 0 Å². The molecule has 2 rings (SSSR count). The van der Waals surface area contributed by atoms with E-state index in [4.69, 9.17) is 0 Å². The molecule has 0 amide bonds.